The van der Waals surface area contributed by atoms with Crippen LogP contribution in [0.4, 0.5) is 13.6 Å². The van der Waals surface area contributed by atoms with Crippen LogP contribution in [0, 0.1) is 11.6 Å². The Labute approximate surface area is 140 Å². The van der Waals surface area contributed by atoms with E-state index in [9.17, 15) is 23.5 Å². The highest BCUT2D eigenvalue weighted by Gasteiger charge is 2.21. The van der Waals surface area contributed by atoms with Crippen molar-refractivity contribution in [3.8, 4) is 17.0 Å². The number of aromatic nitrogens is 1. The summed E-state index contributed by atoms with van der Waals surface area (Å²) < 4.78 is 33.6. The molecule has 7 heteroatoms. The number of benzene rings is 2. The molecular weight excluding hydrogens is 332 g/mol. The molecule has 5 nitrogen and oxygen atoms in total. The largest absolute Gasteiger partial charge is 0.508 e. The van der Waals surface area contributed by atoms with Crippen LogP contribution in [0.1, 0.15) is 6.92 Å². The summed E-state index contributed by atoms with van der Waals surface area (Å²) >= 11 is 0. The second kappa shape index (κ2) is 6.35. The Bertz CT molecular complexity index is 1030. The number of phenols is 1. The zero-order valence-corrected chi connectivity index (χ0v) is 13.1. The topological polar surface area (TPSA) is 68.5 Å². The van der Waals surface area contributed by atoms with E-state index < -0.39 is 28.5 Å². The van der Waals surface area contributed by atoms with Gasteiger partial charge in [0, 0.05) is 6.07 Å². The number of carbonyl (C=O) groups is 1. The third kappa shape index (κ3) is 2.84. The number of rotatable bonds is 2. The van der Waals surface area contributed by atoms with Gasteiger partial charge in [-0.25, -0.2) is 18.1 Å². The van der Waals surface area contributed by atoms with E-state index in [0.29, 0.717) is 5.56 Å². The van der Waals surface area contributed by atoms with E-state index in [1.165, 1.54) is 24.3 Å². The number of halogens is 2. The minimum Gasteiger partial charge on any atom is -0.508 e. The van der Waals surface area contributed by atoms with E-state index in [-0.39, 0.29) is 23.6 Å². The third-order valence-corrected chi connectivity index (χ3v) is 3.68. The molecule has 0 amide bonds. The number of phenolic OH excluding ortho intramolecular Hbond substituents is 1. The Balaban J connectivity index is 2.42. The zero-order chi connectivity index (χ0) is 18.1. The summed E-state index contributed by atoms with van der Waals surface area (Å²) in [6.07, 6.45) is -0.832. The monoisotopic (exact) mass is 345 g/mol. The van der Waals surface area contributed by atoms with Crippen molar-refractivity contribution in [3.05, 3.63) is 64.3 Å². The highest BCUT2D eigenvalue weighted by atomic mass is 19.2. The molecule has 0 aliphatic rings. The van der Waals surface area contributed by atoms with Crippen molar-refractivity contribution in [1.29, 1.82) is 0 Å². The second-order valence-corrected chi connectivity index (χ2v) is 5.23. The lowest BCUT2D eigenvalue weighted by Gasteiger charge is -2.16. The Kier molecular flexibility index (Phi) is 4.22. The molecule has 1 N–H and O–H groups in total. The number of carbonyl (C=O) groups excluding carboxylic acids is 1. The lowest BCUT2D eigenvalue weighted by Crippen LogP contribution is -2.21. The van der Waals surface area contributed by atoms with Crippen molar-refractivity contribution in [2.45, 2.75) is 6.92 Å². The summed E-state index contributed by atoms with van der Waals surface area (Å²) in [5, 5.41) is 8.88. The first kappa shape index (κ1) is 16.6. The second-order valence-electron chi connectivity index (χ2n) is 5.23. The molecule has 2 aromatic carbocycles. The maximum absolute atomic E-state index is 14.1. The van der Waals surface area contributed by atoms with Gasteiger partial charge in [-0.15, -0.1) is 0 Å². The summed E-state index contributed by atoms with van der Waals surface area (Å²) in [6.45, 7) is 1.66. The Hall–Kier alpha value is -3.22. The van der Waals surface area contributed by atoms with Gasteiger partial charge >= 0.3 is 6.09 Å². The lowest BCUT2D eigenvalue weighted by molar-refractivity contribution is 0.155. The molecule has 0 unspecified atom stereocenters. The van der Waals surface area contributed by atoms with Crippen LogP contribution in [0.2, 0.25) is 0 Å². The van der Waals surface area contributed by atoms with Crippen LogP contribution < -0.4 is 5.43 Å². The lowest BCUT2D eigenvalue weighted by atomic mass is 10.1. The predicted octanol–water partition coefficient (Wildman–Crippen LogP) is 3.66. The summed E-state index contributed by atoms with van der Waals surface area (Å²) in [7, 11) is 0. The molecule has 0 fully saturated rings. The van der Waals surface area contributed by atoms with Gasteiger partial charge < -0.3 is 9.84 Å². The molecule has 1 aromatic heterocycles. The van der Waals surface area contributed by atoms with Gasteiger partial charge in [0.25, 0.3) is 0 Å². The summed E-state index contributed by atoms with van der Waals surface area (Å²) in [5.74, 6) is -2.50. The van der Waals surface area contributed by atoms with Gasteiger partial charge in [-0.3, -0.25) is 4.79 Å². The van der Waals surface area contributed by atoms with E-state index >= 15 is 0 Å². The molecule has 0 bridgehead atoms. The SMILES string of the molecule is CCOC(=O)n1c(-c2ccc(O)cc2)cc(=O)c2c(F)c(F)ccc21. The van der Waals surface area contributed by atoms with Crippen molar-refractivity contribution in [2.24, 2.45) is 0 Å². The molecule has 0 aliphatic heterocycles. The first-order chi connectivity index (χ1) is 11.9. The average Bonchev–Trinajstić information content (AvgIpc) is 2.58. The number of fused-ring (bicyclic) bond motifs is 1. The molecule has 0 radical (unpaired) electrons. The number of hydrogen-bond donors (Lipinski definition) is 1. The molecule has 0 saturated carbocycles. The Morgan fingerprint density at radius 1 is 1.16 bits per heavy atom. The van der Waals surface area contributed by atoms with Crippen molar-refractivity contribution in [2.75, 3.05) is 6.61 Å². The van der Waals surface area contributed by atoms with Crippen molar-refractivity contribution in [1.82, 2.24) is 4.57 Å². The standard InChI is InChI=1S/C18H13F2NO4/c1-2-25-18(24)21-13-8-7-12(19)17(20)16(13)15(23)9-14(21)10-3-5-11(22)6-4-10/h3-9,22H,2H2,1H3. The molecule has 3 rings (SSSR count). The quantitative estimate of drug-likeness (QED) is 0.770. The number of pyridine rings is 1. The highest BCUT2D eigenvalue weighted by Crippen LogP contribution is 2.26. The summed E-state index contributed by atoms with van der Waals surface area (Å²) in [6, 6.07) is 8.77. The van der Waals surface area contributed by atoms with Crippen LogP contribution in [0.5, 0.6) is 5.75 Å². The van der Waals surface area contributed by atoms with Crippen LogP contribution in [0.15, 0.2) is 47.3 Å². The maximum atomic E-state index is 14.1. The Morgan fingerprint density at radius 3 is 2.48 bits per heavy atom. The first-order valence-corrected chi connectivity index (χ1v) is 7.44. The van der Waals surface area contributed by atoms with Crippen LogP contribution >= 0.6 is 0 Å². The molecule has 25 heavy (non-hydrogen) atoms. The van der Waals surface area contributed by atoms with Crippen molar-refractivity contribution in [3.63, 3.8) is 0 Å². The van der Waals surface area contributed by atoms with Crippen molar-refractivity contribution < 1.29 is 23.4 Å². The Morgan fingerprint density at radius 2 is 1.84 bits per heavy atom. The van der Waals surface area contributed by atoms with E-state index in [2.05, 4.69) is 0 Å². The average molecular weight is 345 g/mol. The summed E-state index contributed by atoms with van der Waals surface area (Å²) in [4.78, 5) is 24.7. The number of ether oxygens (including phenoxy) is 1. The van der Waals surface area contributed by atoms with Gasteiger partial charge in [0.15, 0.2) is 17.1 Å². The van der Waals surface area contributed by atoms with Crippen LogP contribution in [-0.4, -0.2) is 22.4 Å². The summed E-state index contributed by atoms with van der Waals surface area (Å²) in [5.41, 5.74) is -0.305. The van der Waals surface area contributed by atoms with Crippen LogP contribution in [0.3, 0.4) is 0 Å². The first-order valence-electron chi connectivity index (χ1n) is 7.44. The molecule has 1 heterocycles. The number of aromatic hydroxyl groups is 1. The van der Waals surface area contributed by atoms with E-state index in [4.69, 9.17) is 4.74 Å². The third-order valence-electron chi connectivity index (χ3n) is 3.68. The van der Waals surface area contributed by atoms with Crippen molar-refractivity contribution >= 4 is 17.0 Å². The number of hydrogen-bond acceptors (Lipinski definition) is 4. The molecular formula is C18H13F2NO4. The number of nitrogens with zero attached hydrogens (tertiary/aromatic N) is 1. The van der Waals surface area contributed by atoms with E-state index in [1.54, 1.807) is 6.92 Å². The van der Waals surface area contributed by atoms with Crippen LogP contribution in [-0.2, 0) is 4.74 Å². The minimum atomic E-state index is -1.32. The predicted molar refractivity (Wildman–Crippen MR) is 87.6 cm³/mol. The van der Waals surface area contributed by atoms with Gasteiger partial charge in [-0.2, -0.15) is 0 Å². The molecule has 0 atom stereocenters. The zero-order valence-electron chi connectivity index (χ0n) is 13.1. The molecule has 0 saturated heterocycles. The van der Waals surface area contributed by atoms with Gasteiger partial charge in [-0.05, 0) is 48.9 Å². The normalized spacial score (nSPS) is 10.8. The molecule has 128 valence electrons. The van der Waals surface area contributed by atoms with Gasteiger partial charge in [0.05, 0.1) is 23.2 Å². The van der Waals surface area contributed by atoms with E-state index in [0.717, 1.165) is 22.8 Å². The smallest absolute Gasteiger partial charge is 0.418 e. The minimum absolute atomic E-state index is 0.00249. The van der Waals surface area contributed by atoms with E-state index in [1.807, 2.05) is 0 Å². The van der Waals surface area contributed by atoms with Gasteiger partial charge in [-0.1, -0.05) is 0 Å². The van der Waals surface area contributed by atoms with Gasteiger partial charge in [0.1, 0.15) is 5.75 Å². The molecule has 0 spiro atoms. The fourth-order valence-corrected chi connectivity index (χ4v) is 2.58. The van der Waals surface area contributed by atoms with Gasteiger partial charge in [0.2, 0.25) is 0 Å². The highest BCUT2D eigenvalue weighted by molar-refractivity contribution is 5.93. The molecule has 3 aromatic rings. The molecule has 0 aliphatic carbocycles. The fourth-order valence-electron chi connectivity index (χ4n) is 2.58. The fraction of sp³-hybridized carbons (Fsp3) is 0.111. The van der Waals surface area contributed by atoms with Crippen LogP contribution in [0.25, 0.3) is 22.2 Å². The maximum Gasteiger partial charge on any atom is 0.418 e.